The molecule has 0 aliphatic heterocycles. The van der Waals surface area contributed by atoms with Gasteiger partial charge < -0.3 is 15.8 Å². The van der Waals surface area contributed by atoms with Crippen molar-refractivity contribution in [3.8, 4) is 11.5 Å². The molecule has 6 heteroatoms. The largest absolute Gasteiger partial charge is 0.453 e. The Balaban J connectivity index is 2.29. The monoisotopic (exact) mass is 274 g/mol. The lowest BCUT2D eigenvalue weighted by Gasteiger charge is -2.10. The molecule has 0 saturated heterocycles. The SMILES string of the molecule is CCNC(=O)c1ccc(N)cc1Oc1cnn(CC)c1. The number of nitrogens with zero attached hydrogens (tertiary/aromatic N) is 2. The van der Waals surface area contributed by atoms with E-state index in [0.717, 1.165) is 6.54 Å². The van der Waals surface area contributed by atoms with Crippen molar-refractivity contribution in [2.24, 2.45) is 0 Å². The number of nitrogen functional groups attached to an aromatic ring is 1. The standard InChI is InChI=1S/C14H18N4O2/c1-3-16-14(19)12-6-5-10(15)7-13(12)20-11-8-17-18(4-2)9-11/h5-9H,3-4,15H2,1-2H3,(H,16,19). The van der Waals surface area contributed by atoms with Crippen LogP contribution in [0, 0.1) is 0 Å². The quantitative estimate of drug-likeness (QED) is 0.817. The zero-order valence-electron chi connectivity index (χ0n) is 11.6. The van der Waals surface area contributed by atoms with Gasteiger partial charge in [-0.25, -0.2) is 0 Å². The van der Waals surface area contributed by atoms with Crippen molar-refractivity contribution >= 4 is 11.6 Å². The number of benzene rings is 1. The fraction of sp³-hybridized carbons (Fsp3) is 0.286. The third-order valence-corrected chi connectivity index (χ3v) is 2.75. The lowest BCUT2D eigenvalue weighted by molar-refractivity contribution is 0.0953. The van der Waals surface area contributed by atoms with Crippen LogP contribution in [0.3, 0.4) is 0 Å². The summed E-state index contributed by atoms with van der Waals surface area (Å²) in [4.78, 5) is 12.0. The molecular weight excluding hydrogens is 256 g/mol. The number of carbonyl (C=O) groups excluding carboxylic acids is 1. The second-order valence-electron chi connectivity index (χ2n) is 4.25. The van der Waals surface area contributed by atoms with Crippen LogP contribution < -0.4 is 15.8 Å². The number of anilines is 1. The van der Waals surface area contributed by atoms with Gasteiger partial charge >= 0.3 is 0 Å². The summed E-state index contributed by atoms with van der Waals surface area (Å²) in [7, 11) is 0. The smallest absolute Gasteiger partial charge is 0.255 e. The van der Waals surface area contributed by atoms with Crippen molar-refractivity contribution in [1.82, 2.24) is 15.1 Å². The van der Waals surface area contributed by atoms with Gasteiger partial charge in [-0.2, -0.15) is 5.10 Å². The molecule has 20 heavy (non-hydrogen) atoms. The number of hydrogen-bond acceptors (Lipinski definition) is 4. The zero-order chi connectivity index (χ0) is 14.5. The average molecular weight is 274 g/mol. The van der Waals surface area contributed by atoms with Crippen LogP contribution in [-0.4, -0.2) is 22.2 Å². The summed E-state index contributed by atoms with van der Waals surface area (Å²) < 4.78 is 7.46. The third kappa shape index (κ3) is 3.09. The molecular formula is C14H18N4O2. The van der Waals surface area contributed by atoms with Crippen LogP contribution in [0.5, 0.6) is 11.5 Å². The maximum absolute atomic E-state index is 12.0. The minimum absolute atomic E-state index is 0.189. The minimum Gasteiger partial charge on any atom is -0.453 e. The van der Waals surface area contributed by atoms with Gasteiger partial charge in [0.2, 0.25) is 0 Å². The van der Waals surface area contributed by atoms with Gasteiger partial charge in [0.15, 0.2) is 5.75 Å². The molecule has 0 fully saturated rings. The van der Waals surface area contributed by atoms with E-state index in [0.29, 0.717) is 29.3 Å². The maximum atomic E-state index is 12.0. The second-order valence-corrected chi connectivity index (χ2v) is 4.25. The number of aryl methyl sites for hydroxylation is 1. The molecule has 0 aliphatic carbocycles. The maximum Gasteiger partial charge on any atom is 0.255 e. The number of rotatable bonds is 5. The van der Waals surface area contributed by atoms with Gasteiger partial charge in [-0.15, -0.1) is 0 Å². The zero-order valence-corrected chi connectivity index (χ0v) is 11.6. The van der Waals surface area contributed by atoms with Crippen LogP contribution in [0.1, 0.15) is 24.2 Å². The Morgan fingerprint density at radius 1 is 1.45 bits per heavy atom. The molecule has 6 nitrogen and oxygen atoms in total. The van der Waals surface area contributed by atoms with E-state index >= 15 is 0 Å². The molecule has 1 amide bonds. The Hall–Kier alpha value is -2.50. The van der Waals surface area contributed by atoms with E-state index in [1.165, 1.54) is 0 Å². The first-order chi connectivity index (χ1) is 9.63. The highest BCUT2D eigenvalue weighted by molar-refractivity contribution is 5.97. The topological polar surface area (TPSA) is 82.2 Å². The van der Waals surface area contributed by atoms with E-state index in [4.69, 9.17) is 10.5 Å². The summed E-state index contributed by atoms with van der Waals surface area (Å²) >= 11 is 0. The summed E-state index contributed by atoms with van der Waals surface area (Å²) in [5, 5.41) is 6.87. The van der Waals surface area contributed by atoms with Crippen LogP contribution in [0.2, 0.25) is 0 Å². The van der Waals surface area contributed by atoms with Crippen LogP contribution in [0.4, 0.5) is 5.69 Å². The first-order valence-corrected chi connectivity index (χ1v) is 6.52. The van der Waals surface area contributed by atoms with Crippen LogP contribution in [-0.2, 0) is 6.54 Å². The number of nitrogens with one attached hydrogen (secondary N) is 1. The summed E-state index contributed by atoms with van der Waals surface area (Å²) in [6, 6.07) is 4.96. The molecule has 1 aromatic carbocycles. The Morgan fingerprint density at radius 3 is 2.90 bits per heavy atom. The molecule has 0 unspecified atom stereocenters. The number of aromatic nitrogens is 2. The fourth-order valence-corrected chi connectivity index (χ4v) is 1.76. The third-order valence-electron chi connectivity index (χ3n) is 2.75. The molecule has 0 radical (unpaired) electrons. The Labute approximate surface area is 117 Å². The van der Waals surface area contributed by atoms with Crippen LogP contribution in [0.25, 0.3) is 0 Å². The average Bonchev–Trinajstić information content (AvgIpc) is 2.87. The Bertz CT molecular complexity index is 607. The molecule has 1 heterocycles. The van der Waals surface area contributed by atoms with Crippen molar-refractivity contribution < 1.29 is 9.53 Å². The Morgan fingerprint density at radius 2 is 2.25 bits per heavy atom. The van der Waals surface area contributed by atoms with E-state index < -0.39 is 0 Å². The summed E-state index contributed by atoms with van der Waals surface area (Å²) in [5.41, 5.74) is 6.74. The number of nitrogens with two attached hydrogens (primary N) is 1. The predicted octanol–water partition coefficient (Wildman–Crippen LogP) is 2.03. The first-order valence-electron chi connectivity index (χ1n) is 6.52. The van der Waals surface area contributed by atoms with E-state index in [1.54, 1.807) is 35.3 Å². The lowest BCUT2D eigenvalue weighted by Crippen LogP contribution is -2.23. The van der Waals surface area contributed by atoms with Crippen molar-refractivity contribution in [3.05, 3.63) is 36.2 Å². The summed E-state index contributed by atoms with van der Waals surface area (Å²) in [6.07, 6.45) is 3.37. The highest BCUT2D eigenvalue weighted by Crippen LogP contribution is 2.27. The molecule has 0 bridgehead atoms. The lowest BCUT2D eigenvalue weighted by atomic mass is 10.1. The molecule has 0 atom stereocenters. The van der Waals surface area contributed by atoms with Crippen LogP contribution in [0.15, 0.2) is 30.6 Å². The second kappa shape index (κ2) is 6.10. The molecule has 2 aromatic rings. The van der Waals surface area contributed by atoms with Crippen molar-refractivity contribution in [2.75, 3.05) is 12.3 Å². The van der Waals surface area contributed by atoms with Gasteiger partial charge in [-0.1, -0.05) is 0 Å². The van der Waals surface area contributed by atoms with E-state index in [9.17, 15) is 4.79 Å². The molecule has 0 aliphatic rings. The molecule has 0 saturated carbocycles. The molecule has 3 N–H and O–H groups in total. The summed E-state index contributed by atoms with van der Waals surface area (Å²) in [5.74, 6) is 0.806. The van der Waals surface area contributed by atoms with Crippen molar-refractivity contribution in [3.63, 3.8) is 0 Å². The van der Waals surface area contributed by atoms with Gasteiger partial charge in [0.05, 0.1) is 18.0 Å². The van der Waals surface area contributed by atoms with Gasteiger partial charge in [0.25, 0.3) is 5.91 Å². The minimum atomic E-state index is -0.189. The first kappa shape index (κ1) is 13.9. The summed E-state index contributed by atoms with van der Waals surface area (Å²) in [6.45, 7) is 5.15. The number of ether oxygens (including phenoxy) is 1. The molecule has 1 aromatic heterocycles. The fourth-order valence-electron chi connectivity index (χ4n) is 1.76. The van der Waals surface area contributed by atoms with Crippen LogP contribution >= 0.6 is 0 Å². The number of hydrogen-bond donors (Lipinski definition) is 2. The van der Waals surface area contributed by atoms with Gasteiger partial charge in [0.1, 0.15) is 5.75 Å². The van der Waals surface area contributed by atoms with E-state index in [2.05, 4.69) is 10.4 Å². The Kier molecular flexibility index (Phi) is 4.24. The highest BCUT2D eigenvalue weighted by atomic mass is 16.5. The van der Waals surface area contributed by atoms with Gasteiger partial charge in [0, 0.05) is 24.8 Å². The number of amides is 1. The van der Waals surface area contributed by atoms with Gasteiger partial charge in [-0.3, -0.25) is 9.48 Å². The molecule has 106 valence electrons. The normalized spacial score (nSPS) is 10.3. The molecule has 2 rings (SSSR count). The van der Waals surface area contributed by atoms with Gasteiger partial charge in [-0.05, 0) is 26.0 Å². The van der Waals surface area contributed by atoms with Crippen molar-refractivity contribution in [1.29, 1.82) is 0 Å². The van der Waals surface area contributed by atoms with E-state index in [1.807, 2.05) is 13.8 Å². The predicted molar refractivity (Wildman–Crippen MR) is 76.8 cm³/mol. The molecule has 0 spiro atoms. The highest BCUT2D eigenvalue weighted by Gasteiger charge is 2.13. The number of carbonyl (C=O) groups is 1. The van der Waals surface area contributed by atoms with Crippen molar-refractivity contribution in [2.45, 2.75) is 20.4 Å². The van der Waals surface area contributed by atoms with E-state index in [-0.39, 0.29) is 5.91 Å².